The van der Waals surface area contributed by atoms with Crippen LogP contribution in [0, 0.1) is 9.49 Å². The third-order valence-electron chi connectivity index (χ3n) is 2.64. The van der Waals surface area contributed by atoms with E-state index in [2.05, 4.69) is 22.6 Å². The van der Waals surface area contributed by atoms with Gasteiger partial charge in [0.1, 0.15) is 12.2 Å². The van der Waals surface area contributed by atoms with Gasteiger partial charge in [0.05, 0.1) is 0 Å². The maximum atomic E-state index is 11.0. The van der Waals surface area contributed by atoms with Crippen molar-refractivity contribution in [1.82, 2.24) is 0 Å². The number of hydrogen-bond acceptors (Lipinski definition) is 3. The number of ether oxygens (including phenoxy) is 2. The zero-order valence-corrected chi connectivity index (χ0v) is 12.9. The van der Waals surface area contributed by atoms with Crippen molar-refractivity contribution in [2.45, 2.75) is 26.1 Å². The molecule has 0 spiro atoms. The molecule has 0 fully saturated rings. The smallest absolute Gasteiger partial charge is 0.404 e. The average Bonchev–Trinajstić information content (AvgIpc) is 2.28. The molecule has 1 amide bonds. The zero-order chi connectivity index (χ0) is 13.7. The van der Waals surface area contributed by atoms with Crippen LogP contribution >= 0.6 is 22.6 Å². The molecule has 0 saturated heterocycles. The van der Waals surface area contributed by atoms with Gasteiger partial charge in [0.25, 0.3) is 0 Å². The van der Waals surface area contributed by atoms with Gasteiger partial charge in [-0.3, -0.25) is 0 Å². The van der Waals surface area contributed by atoms with Crippen molar-refractivity contribution >= 4 is 28.7 Å². The molecule has 0 aromatic heterocycles. The second kappa shape index (κ2) is 6.94. The van der Waals surface area contributed by atoms with Crippen molar-refractivity contribution in [1.29, 1.82) is 0 Å². The van der Waals surface area contributed by atoms with Crippen molar-refractivity contribution in [2.75, 3.05) is 7.11 Å². The monoisotopic (exact) mass is 363 g/mol. The number of halogens is 1. The molecule has 0 radical (unpaired) electrons. The Morgan fingerprint density at radius 2 is 2.06 bits per heavy atom. The lowest BCUT2D eigenvalue weighted by Gasteiger charge is -2.28. The van der Waals surface area contributed by atoms with E-state index in [9.17, 15) is 4.79 Å². The van der Waals surface area contributed by atoms with Gasteiger partial charge in [-0.2, -0.15) is 0 Å². The molecule has 0 bridgehead atoms. The molecule has 0 aliphatic heterocycles. The fourth-order valence-corrected chi connectivity index (χ4v) is 2.39. The Bertz CT molecular complexity index is 409. The maximum absolute atomic E-state index is 11.0. The standard InChI is InChI=1S/C13H18INO3/c1-8(2)11(18-13(15)16)12(17-3)9-5-4-6-10(14)7-9/h4-8,11-12H,1-3H3,(H2,15,16)/t11-,12-/m1/s1. The highest BCUT2D eigenvalue weighted by Gasteiger charge is 2.29. The van der Waals surface area contributed by atoms with E-state index >= 15 is 0 Å². The van der Waals surface area contributed by atoms with Gasteiger partial charge in [0, 0.05) is 10.7 Å². The van der Waals surface area contributed by atoms with E-state index in [-0.39, 0.29) is 12.0 Å². The third kappa shape index (κ3) is 4.13. The predicted molar refractivity (Wildman–Crippen MR) is 78.2 cm³/mol. The molecule has 18 heavy (non-hydrogen) atoms. The SMILES string of the molecule is CO[C@H](c1cccc(I)c1)[C@H](OC(N)=O)C(C)C. The van der Waals surface area contributed by atoms with Crippen LogP contribution in [0.3, 0.4) is 0 Å². The predicted octanol–water partition coefficient (Wildman–Crippen LogP) is 3.10. The first-order valence-corrected chi connectivity index (χ1v) is 6.78. The molecule has 2 N–H and O–H groups in total. The number of hydrogen-bond donors (Lipinski definition) is 1. The molecule has 5 heteroatoms. The van der Waals surface area contributed by atoms with E-state index < -0.39 is 12.2 Å². The zero-order valence-electron chi connectivity index (χ0n) is 10.7. The number of carbonyl (C=O) groups is 1. The molecule has 100 valence electrons. The highest BCUT2D eigenvalue weighted by atomic mass is 127. The molecule has 0 aliphatic carbocycles. The summed E-state index contributed by atoms with van der Waals surface area (Å²) in [5, 5.41) is 0. The van der Waals surface area contributed by atoms with Crippen LogP contribution in [-0.4, -0.2) is 19.3 Å². The summed E-state index contributed by atoms with van der Waals surface area (Å²) in [6, 6.07) is 7.91. The lowest BCUT2D eigenvalue weighted by Crippen LogP contribution is -2.33. The molecule has 1 aromatic carbocycles. The van der Waals surface area contributed by atoms with E-state index in [0.717, 1.165) is 9.13 Å². The van der Waals surface area contributed by atoms with Crippen LogP contribution in [0.5, 0.6) is 0 Å². The topological polar surface area (TPSA) is 61.6 Å². The number of methoxy groups -OCH3 is 1. The van der Waals surface area contributed by atoms with Crippen LogP contribution in [0.1, 0.15) is 25.5 Å². The Kier molecular flexibility index (Phi) is 5.87. The minimum atomic E-state index is -0.777. The molecule has 0 aliphatic rings. The summed E-state index contributed by atoms with van der Waals surface area (Å²) < 4.78 is 11.8. The van der Waals surface area contributed by atoms with Crippen molar-refractivity contribution < 1.29 is 14.3 Å². The molecule has 2 atom stereocenters. The number of primary amides is 1. The number of benzene rings is 1. The molecule has 4 nitrogen and oxygen atoms in total. The Balaban J connectivity index is 3.01. The van der Waals surface area contributed by atoms with Gasteiger partial charge in [-0.25, -0.2) is 4.79 Å². The molecule has 0 unspecified atom stereocenters. The van der Waals surface area contributed by atoms with Crippen LogP contribution in [0.25, 0.3) is 0 Å². The van der Waals surface area contributed by atoms with E-state index in [4.69, 9.17) is 15.2 Å². The summed E-state index contributed by atoms with van der Waals surface area (Å²) in [5.74, 6) is 0.111. The Hall–Kier alpha value is -0.820. The largest absolute Gasteiger partial charge is 0.443 e. The van der Waals surface area contributed by atoms with Gasteiger partial charge in [0.15, 0.2) is 0 Å². The first-order chi connectivity index (χ1) is 8.45. The van der Waals surface area contributed by atoms with E-state index in [1.807, 2.05) is 38.1 Å². The van der Waals surface area contributed by atoms with Crippen LogP contribution in [0.2, 0.25) is 0 Å². The fraction of sp³-hybridized carbons (Fsp3) is 0.462. The van der Waals surface area contributed by atoms with Crippen LogP contribution in [-0.2, 0) is 9.47 Å². The summed E-state index contributed by atoms with van der Waals surface area (Å²) in [5.41, 5.74) is 6.09. The molecule has 0 saturated carbocycles. The second-order valence-electron chi connectivity index (χ2n) is 4.36. The lowest BCUT2D eigenvalue weighted by molar-refractivity contribution is -0.0424. The quantitative estimate of drug-likeness (QED) is 0.818. The van der Waals surface area contributed by atoms with Crippen molar-refractivity contribution in [3.63, 3.8) is 0 Å². The van der Waals surface area contributed by atoms with Gasteiger partial charge in [-0.05, 0) is 46.2 Å². The van der Waals surface area contributed by atoms with E-state index in [1.165, 1.54) is 0 Å². The van der Waals surface area contributed by atoms with Gasteiger partial charge in [0.2, 0.25) is 0 Å². The fourth-order valence-electron chi connectivity index (χ4n) is 1.83. The van der Waals surface area contributed by atoms with Gasteiger partial charge in [-0.15, -0.1) is 0 Å². The number of nitrogens with two attached hydrogens (primary N) is 1. The first-order valence-electron chi connectivity index (χ1n) is 5.70. The van der Waals surface area contributed by atoms with Crippen molar-refractivity contribution in [3.8, 4) is 0 Å². The summed E-state index contributed by atoms with van der Waals surface area (Å²) in [4.78, 5) is 11.0. The second-order valence-corrected chi connectivity index (χ2v) is 5.60. The molecule has 1 rings (SSSR count). The van der Waals surface area contributed by atoms with Gasteiger partial charge < -0.3 is 15.2 Å². The minimum absolute atomic E-state index is 0.111. The summed E-state index contributed by atoms with van der Waals surface area (Å²) >= 11 is 2.23. The number of carbonyl (C=O) groups excluding carboxylic acids is 1. The van der Waals surface area contributed by atoms with E-state index in [1.54, 1.807) is 7.11 Å². The Labute approximate surface area is 121 Å². The van der Waals surface area contributed by atoms with Gasteiger partial charge in [-0.1, -0.05) is 26.0 Å². The Morgan fingerprint density at radius 1 is 1.39 bits per heavy atom. The third-order valence-corrected chi connectivity index (χ3v) is 3.31. The highest BCUT2D eigenvalue weighted by Crippen LogP contribution is 2.28. The van der Waals surface area contributed by atoms with E-state index in [0.29, 0.717) is 0 Å². The minimum Gasteiger partial charge on any atom is -0.443 e. The molecular formula is C13H18INO3. The van der Waals surface area contributed by atoms with Crippen LogP contribution in [0.15, 0.2) is 24.3 Å². The average molecular weight is 363 g/mol. The molecule has 0 heterocycles. The van der Waals surface area contributed by atoms with Crippen LogP contribution < -0.4 is 5.73 Å². The molecule has 1 aromatic rings. The number of amides is 1. The van der Waals surface area contributed by atoms with Crippen molar-refractivity contribution in [3.05, 3.63) is 33.4 Å². The first kappa shape index (κ1) is 15.2. The van der Waals surface area contributed by atoms with Gasteiger partial charge >= 0.3 is 6.09 Å². The summed E-state index contributed by atoms with van der Waals surface area (Å²) in [7, 11) is 1.60. The number of rotatable bonds is 5. The normalized spacial score (nSPS) is 14.3. The summed E-state index contributed by atoms with van der Waals surface area (Å²) in [6.07, 6.45) is -1.49. The highest BCUT2D eigenvalue weighted by molar-refractivity contribution is 14.1. The lowest BCUT2D eigenvalue weighted by atomic mass is 9.96. The maximum Gasteiger partial charge on any atom is 0.404 e. The summed E-state index contributed by atoms with van der Waals surface area (Å²) in [6.45, 7) is 3.93. The Morgan fingerprint density at radius 3 is 2.50 bits per heavy atom. The van der Waals surface area contributed by atoms with Crippen molar-refractivity contribution in [2.24, 2.45) is 11.7 Å². The molecular weight excluding hydrogens is 345 g/mol. The van der Waals surface area contributed by atoms with Crippen LogP contribution in [0.4, 0.5) is 4.79 Å².